The summed E-state index contributed by atoms with van der Waals surface area (Å²) in [4.78, 5) is 55.3. The van der Waals surface area contributed by atoms with Crippen molar-refractivity contribution in [3.8, 4) is 22.9 Å². The van der Waals surface area contributed by atoms with E-state index in [1.54, 1.807) is 86.2 Å². The number of hydrogen-bond acceptors (Lipinski definition) is 11. The molecule has 2 amide bonds. The number of benzene rings is 3. The maximum atomic E-state index is 13.6. The molecule has 1 saturated carbocycles. The van der Waals surface area contributed by atoms with Gasteiger partial charge in [0.05, 0.1) is 35.6 Å². The first kappa shape index (κ1) is 41.7. The Hall–Kier alpha value is -5.92. The van der Waals surface area contributed by atoms with E-state index < -0.39 is 43.5 Å². The van der Waals surface area contributed by atoms with Crippen LogP contribution in [-0.2, 0) is 34.6 Å². The molecule has 3 N–H and O–H groups in total. The Balaban J connectivity index is 1.02. The molecule has 1 fully saturated rings. The Morgan fingerprint density at radius 1 is 0.983 bits per heavy atom. The van der Waals surface area contributed by atoms with Crippen LogP contribution >= 0.6 is 7.60 Å². The second-order valence-corrected chi connectivity index (χ2v) is 16.0. The number of para-hydroxylation sites is 1. The lowest BCUT2D eigenvalue weighted by atomic mass is 9.95. The summed E-state index contributed by atoms with van der Waals surface area (Å²) < 4.78 is 42.9. The van der Waals surface area contributed by atoms with Crippen molar-refractivity contribution in [2.45, 2.75) is 70.6 Å². The topological polar surface area (TPSA) is 198 Å². The number of imidazole rings is 1. The summed E-state index contributed by atoms with van der Waals surface area (Å²) in [6.45, 7) is 2.69. The SMILES string of the molecule is CCOC(=O)[C@@H](C)OP(=O)(CCNC(=O)COc1ccc(C[C@H](NC(=O)c2ccc3c(c2)nc(-c2ccoc2)n3C2CCCCC2)C(=O)O)cc1)Oc1ccccc1. The third kappa shape index (κ3) is 10.9. The van der Waals surface area contributed by atoms with Gasteiger partial charge in [0.1, 0.15) is 29.6 Å². The molecule has 0 aliphatic heterocycles. The van der Waals surface area contributed by atoms with Gasteiger partial charge in [0.15, 0.2) is 12.7 Å². The van der Waals surface area contributed by atoms with Gasteiger partial charge in [0.25, 0.3) is 11.8 Å². The highest BCUT2D eigenvalue weighted by atomic mass is 31.2. The lowest BCUT2D eigenvalue weighted by molar-refractivity contribution is -0.150. The Morgan fingerprint density at radius 2 is 1.74 bits per heavy atom. The van der Waals surface area contributed by atoms with Crippen LogP contribution in [0.15, 0.2) is 95.8 Å². The molecule has 1 aliphatic rings. The quantitative estimate of drug-likeness (QED) is 0.0573. The molecule has 1 aliphatic carbocycles. The van der Waals surface area contributed by atoms with Crippen molar-refractivity contribution in [1.82, 2.24) is 20.2 Å². The number of ether oxygens (including phenoxy) is 2. The number of hydrogen-bond donors (Lipinski definition) is 3. The summed E-state index contributed by atoms with van der Waals surface area (Å²) in [7, 11) is -3.92. The molecular formula is C42H47N4O11P. The number of carbonyl (C=O) groups is 4. The van der Waals surface area contributed by atoms with E-state index in [1.165, 1.54) is 13.3 Å². The van der Waals surface area contributed by atoms with Crippen molar-refractivity contribution in [3.63, 3.8) is 0 Å². The summed E-state index contributed by atoms with van der Waals surface area (Å²) in [6, 6.07) is 21.0. The average molecular weight is 815 g/mol. The minimum Gasteiger partial charge on any atom is -0.484 e. The number of nitrogens with one attached hydrogen (secondary N) is 2. The fraction of sp³-hybridized carbons (Fsp3) is 0.357. The molecule has 0 bridgehead atoms. The molecule has 58 heavy (non-hydrogen) atoms. The summed E-state index contributed by atoms with van der Waals surface area (Å²) in [5, 5.41) is 15.3. The number of nitrogens with zero attached hydrogens (tertiary/aromatic N) is 2. The largest absolute Gasteiger partial charge is 0.484 e. The standard InChI is InChI=1S/C42H47N4O11P/c1-3-54-42(51)28(2)56-58(52,57-34-12-8-5-9-13-34)23-21-43-38(47)27-55-33-17-14-29(15-18-33)24-36(41(49)50)45-40(48)30-16-19-37-35(25-30)44-39(31-20-22-53-26-31)46(37)32-10-6-4-7-11-32/h5,8-9,12-20,22,25-26,28,32,36H,3-4,6-7,10-11,21,23-24,27H2,1-2H3,(H,43,47)(H,45,48)(H,49,50)/t28-,36+,58?/m1/s1. The molecule has 16 heteroatoms. The molecule has 3 aromatic carbocycles. The molecule has 6 rings (SSSR count). The van der Waals surface area contributed by atoms with E-state index in [0.717, 1.165) is 42.6 Å². The first-order chi connectivity index (χ1) is 28.0. The van der Waals surface area contributed by atoms with E-state index in [-0.39, 0.29) is 49.7 Å². The molecule has 0 spiro atoms. The van der Waals surface area contributed by atoms with E-state index in [9.17, 15) is 28.8 Å². The molecule has 2 aromatic heterocycles. The fourth-order valence-electron chi connectivity index (χ4n) is 6.78. The molecule has 306 valence electrons. The number of fused-ring (bicyclic) bond motifs is 1. The number of amides is 2. The van der Waals surface area contributed by atoms with Crippen molar-refractivity contribution < 1.29 is 51.8 Å². The van der Waals surface area contributed by atoms with Crippen LogP contribution in [-0.4, -0.2) is 76.5 Å². The zero-order valence-electron chi connectivity index (χ0n) is 32.3. The van der Waals surface area contributed by atoms with Crippen LogP contribution in [0.3, 0.4) is 0 Å². The molecule has 0 radical (unpaired) electrons. The minimum atomic E-state index is -3.92. The van der Waals surface area contributed by atoms with Gasteiger partial charge in [0, 0.05) is 24.6 Å². The second-order valence-electron chi connectivity index (χ2n) is 13.9. The number of furan rings is 1. The summed E-state index contributed by atoms with van der Waals surface area (Å²) in [5.41, 5.74) is 3.29. The normalized spacial score (nSPS) is 15.1. The van der Waals surface area contributed by atoms with Gasteiger partial charge in [-0.15, -0.1) is 0 Å². The highest BCUT2D eigenvalue weighted by Crippen LogP contribution is 2.49. The zero-order valence-corrected chi connectivity index (χ0v) is 33.2. The summed E-state index contributed by atoms with van der Waals surface area (Å²) in [6.07, 6.45) is 7.40. The highest BCUT2D eigenvalue weighted by molar-refractivity contribution is 7.54. The number of aliphatic carboxylic acids is 1. The Kier molecular flexibility index (Phi) is 14.0. The molecule has 1 unspecified atom stereocenters. The van der Waals surface area contributed by atoms with E-state index in [4.69, 9.17) is 27.9 Å². The first-order valence-corrected chi connectivity index (χ1v) is 21.0. The number of aromatic nitrogens is 2. The minimum absolute atomic E-state index is 0.00695. The van der Waals surface area contributed by atoms with E-state index >= 15 is 0 Å². The van der Waals surface area contributed by atoms with Gasteiger partial charge < -0.3 is 38.7 Å². The van der Waals surface area contributed by atoms with E-state index in [2.05, 4.69) is 15.2 Å². The van der Waals surface area contributed by atoms with Gasteiger partial charge in [-0.25, -0.2) is 19.1 Å². The maximum Gasteiger partial charge on any atom is 0.381 e. The third-order valence-electron chi connectivity index (χ3n) is 9.64. The van der Waals surface area contributed by atoms with E-state index in [1.807, 2.05) is 12.1 Å². The van der Waals surface area contributed by atoms with Crippen LogP contribution in [0.1, 0.15) is 67.9 Å². The smallest absolute Gasteiger partial charge is 0.381 e. The van der Waals surface area contributed by atoms with Crippen molar-refractivity contribution in [3.05, 3.63) is 103 Å². The third-order valence-corrected chi connectivity index (χ3v) is 11.5. The van der Waals surface area contributed by atoms with Crippen molar-refractivity contribution in [2.24, 2.45) is 0 Å². The van der Waals surface area contributed by atoms with E-state index in [0.29, 0.717) is 16.8 Å². The van der Waals surface area contributed by atoms with Crippen LogP contribution in [0.5, 0.6) is 11.5 Å². The number of esters is 1. The number of carboxylic acids is 1. The van der Waals surface area contributed by atoms with Crippen molar-refractivity contribution in [2.75, 3.05) is 25.9 Å². The number of carboxylic acid groups (broad SMARTS) is 1. The molecule has 2 heterocycles. The number of rotatable bonds is 19. The second kappa shape index (κ2) is 19.5. The van der Waals surface area contributed by atoms with Crippen LogP contribution in [0, 0.1) is 0 Å². The Labute approximate surface area is 335 Å². The number of carbonyl (C=O) groups excluding carboxylic acids is 3. The predicted molar refractivity (Wildman–Crippen MR) is 214 cm³/mol. The van der Waals surface area contributed by atoms with Gasteiger partial charge in [-0.05, 0) is 80.8 Å². The monoisotopic (exact) mass is 814 g/mol. The van der Waals surface area contributed by atoms with Crippen molar-refractivity contribution in [1.29, 1.82) is 0 Å². The van der Waals surface area contributed by atoms with Gasteiger partial charge in [-0.2, -0.15) is 0 Å². The summed E-state index contributed by atoms with van der Waals surface area (Å²) >= 11 is 0. The Morgan fingerprint density at radius 3 is 2.43 bits per heavy atom. The van der Waals surface area contributed by atoms with Crippen LogP contribution in [0.2, 0.25) is 0 Å². The van der Waals surface area contributed by atoms with Gasteiger partial charge >= 0.3 is 19.5 Å². The van der Waals surface area contributed by atoms with Gasteiger partial charge in [0.2, 0.25) is 0 Å². The lowest BCUT2D eigenvalue weighted by Gasteiger charge is -2.25. The maximum absolute atomic E-state index is 13.6. The van der Waals surface area contributed by atoms with Gasteiger partial charge in [-0.1, -0.05) is 49.6 Å². The highest BCUT2D eigenvalue weighted by Gasteiger charge is 2.32. The predicted octanol–water partition coefficient (Wildman–Crippen LogP) is 6.96. The molecule has 3 atom stereocenters. The van der Waals surface area contributed by atoms with Crippen LogP contribution in [0.4, 0.5) is 0 Å². The fourth-order valence-corrected chi connectivity index (χ4v) is 8.42. The molecular weight excluding hydrogens is 767 g/mol. The molecule has 15 nitrogen and oxygen atoms in total. The Bertz CT molecular complexity index is 2220. The van der Waals surface area contributed by atoms with Crippen LogP contribution < -0.4 is 19.9 Å². The van der Waals surface area contributed by atoms with Crippen molar-refractivity contribution >= 4 is 42.4 Å². The van der Waals surface area contributed by atoms with Gasteiger partial charge in [-0.3, -0.25) is 14.1 Å². The molecule has 5 aromatic rings. The lowest BCUT2D eigenvalue weighted by Crippen LogP contribution is -2.42. The average Bonchev–Trinajstić information content (AvgIpc) is 3.89. The first-order valence-electron chi connectivity index (χ1n) is 19.3. The zero-order chi connectivity index (χ0) is 41.1. The van der Waals surface area contributed by atoms with Crippen LogP contribution in [0.25, 0.3) is 22.4 Å². The molecule has 0 saturated heterocycles. The summed E-state index contributed by atoms with van der Waals surface area (Å²) in [5.74, 6) is -1.56.